The molecule has 1 aliphatic heterocycles. The van der Waals surface area contributed by atoms with Gasteiger partial charge in [0, 0.05) is 12.1 Å². The average Bonchev–Trinajstić information content (AvgIpc) is 3.24. The normalized spacial score (nSPS) is 15.7. The second-order valence-corrected chi connectivity index (χ2v) is 9.83. The minimum Gasteiger partial charge on any atom is -0.493 e. The Morgan fingerprint density at radius 1 is 1.09 bits per heavy atom. The Bertz CT molecular complexity index is 1160. The van der Waals surface area contributed by atoms with E-state index in [2.05, 4.69) is 24.4 Å². The summed E-state index contributed by atoms with van der Waals surface area (Å²) in [6, 6.07) is 24.9. The molecule has 1 atom stereocenters. The van der Waals surface area contributed by atoms with Crippen molar-refractivity contribution >= 4 is 29.8 Å². The second-order valence-electron chi connectivity index (χ2n) is 8.77. The van der Waals surface area contributed by atoms with Crippen molar-refractivity contribution in [1.82, 2.24) is 10.3 Å². The lowest BCUT2D eigenvalue weighted by atomic mass is 10.1. The third-order valence-corrected chi connectivity index (χ3v) is 6.72. The molecule has 1 heterocycles. The van der Waals surface area contributed by atoms with Crippen LogP contribution in [0.1, 0.15) is 46.3 Å². The lowest BCUT2D eigenvalue weighted by Crippen LogP contribution is -2.27. The van der Waals surface area contributed by atoms with Crippen LogP contribution in [0.2, 0.25) is 0 Å². The largest absolute Gasteiger partial charge is 0.493 e. The molecule has 0 spiro atoms. The van der Waals surface area contributed by atoms with Crippen molar-refractivity contribution in [2.75, 3.05) is 12.4 Å². The van der Waals surface area contributed by atoms with Gasteiger partial charge in [0.2, 0.25) is 5.91 Å². The smallest absolute Gasteiger partial charge is 0.271 e. The molecule has 180 valence electrons. The van der Waals surface area contributed by atoms with Crippen LogP contribution in [-0.4, -0.2) is 35.3 Å². The Morgan fingerprint density at radius 3 is 2.49 bits per heavy atom. The standard InChI is InChI=1S/C28H29N3O3S/c1-20(2)18-34-25-14-8-21(9-15-25)16-29-30-27(33)23-10-12-24(13-11-23)28-31(26(32)19-35-28)17-22-6-4-3-5-7-22/h3-16,20,28H,17-19H2,1-2H3,(H,30,33)/b29-16-/t28-/m0/s1. The van der Waals surface area contributed by atoms with Crippen LogP contribution in [0.4, 0.5) is 0 Å². The molecule has 1 aliphatic rings. The van der Waals surface area contributed by atoms with Crippen molar-refractivity contribution in [2.45, 2.75) is 25.8 Å². The van der Waals surface area contributed by atoms with Crippen LogP contribution in [0.5, 0.6) is 5.75 Å². The summed E-state index contributed by atoms with van der Waals surface area (Å²) in [5.41, 5.74) is 6.03. The number of nitrogens with one attached hydrogen (secondary N) is 1. The maximum atomic E-state index is 12.5. The first-order chi connectivity index (χ1) is 17.0. The first-order valence-corrected chi connectivity index (χ1v) is 12.7. The Kier molecular flexibility index (Phi) is 8.21. The minimum atomic E-state index is -0.291. The predicted octanol–water partition coefficient (Wildman–Crippen LogP) is 5.26. The molecular weight excluding hydrogens is 458 g/mol. The molecule has 1 saturated heterocycles. The lowest BCUT2D eigenvalue weighted by molar-refractivity contribution is -0.128. The van der Waals surface area contributed by atoms with Gasteiger partial charge in [-0.05, 0) is 59.0 Å². The number of rotatable bonds is 9. The van der Waals surface area contributed by atoms with Gasteiger partial charge in [0.25, 0.3) is 5.91 Å². The van der Waals surface area contributed by atoms with Crippen LogP contribution in [0.25, 0.3) is 0 Å². The van der Waals surface area contributed by atoms with E-state index in [4.69, 9.17) is 4.74 Å². The SMILES string of the molecule is CC(C)COc1ccc(/C=N\NC(=O)c2ccc([C@@H]3SCC(=O)N3Cc3ccccc3)cc2)cc1. The molecule has 35 heavy (non-hydrogen) atoms. The van der Waals surface area contributed by atoms with E-state index in [1.54, 1.807) is 30.1 Å². The molecule has 3 aromatic carbocycles. The number of carbonyl (C=O) groups is 2. The van der Waals surface area contributed by atoms with E-state index >= 15 is 0 Å². The topological polar surface area (TPSA) is 71.0 Å². The Labute approximate surface area is 210 Å². The van der Waals surface area contributed by atoms with Gasteiger partial charge >= 0.3 is 0 Å². The summed E-state index contributed by atoms with van der Waals surface area (Å²) in [6.45, 7) is 5.45. The van der Waals surface area contributed by atoms with Gasteiger partial charge in [-0.2, -0.15) is 5.10 Å². The van der Waals surface area contributed by atoms with E-state index in [1.807, 2.05) is 71.6 Å². The summed E-state index contributed by atoms with van der Waals surface area (Å²) in [5, 5.41) is 4.00. The van der Waals surface area contributed by atoms with Crippen LogP contribution >= 0.6 is 11.8 Å². The summed E-state index contributed by atoms with van der Waals surface area (Å²) >= 11 is 1.61. The molecule has 7 heteroatoms. The fourth-order valence-electron chi connectivity index (χ4n) is 3.62. The average molecular weight is 488 g/mol. The molecule has 1 fully saturated rings. The lowest BCUT2D eigenvalue weighted by Gasteiger charge is -2.24. The van der Waals surface area contributed by atoms with Gasteiger partial charge in [-0.15, -0.1) is 11.8 Å². The zero-order valence-corrected chi connectivity index (χ0v) is 20.7. The molecule has 0 saturated carbocycles. The van der Waals surface area contributed by atoms with Gasteiger partial charge in [0.15, 0.2) is 0 Å². The summed E-state index contributed by atoms with van der Waals surface area (Å²) in [7, 11) is 0. The molecule has 4 rings (SSSR count). The van der Waals surface area contributed by atoms with E-state index in [9.17, 15) is 9.59 Å². The molecule has 0 radical (unpaired) electrons. The highest BCUT2D eigenvalue weighted by atomic mass is 32.2. The Morgan fingerprint density at radius 2 is 1.80 bits per heavy atom. The predicted molar refractivity (Wildman–Crippen MR) is 140 cm³/mol. The van der Waals surface area contributed by atoms with Crippen LogP contribution < -0.4 is 10.2 Å². The number of carbonyl (C=O) groups excluding carboxylic acids is 2. The highest BCUT2D eigenvalue weighted by molar-refractivity contribution is 8.00. The third-order valence-electron chi connectivity index (χ3n) is 5.47. The molecule has 6 nitrogen and oxygen atoms in total. The first-order valence-electron chi connectivity index (χ1n) is 11.6. The molecule has 0 aliphatic carbocycles. The number of thioether (sulfide) groups is 1. The third kappa shape index (κ3) is 6.73. The molecule has 0 bridgehead atoms. The second kappa shape index (κ2) is 11.7. The Hall–Kier alpha value is -3.58. The summed E-state index contributed by atoms with van der Waals surface area (Å²) in [4.78, 5) is 26.9. The highest BCUT2D eigenvalue weighted by Gasteiger charge is 2.32. The summed E-state index contributed by atoms with van der Waals surface area (Å²) in [5.74, 6) is 1.57. The zero-order valence-electron chi connectivity index (χ0n) is 19.9. The highest BCUT2D eigenvalue weighted by Crippen LogP contribution is 2.39. The van der Waals surface area contributed by atoms with Crippen LogP contribution in [0.3, 0.4) is 0 Å². The van der Waals surface area contributed by atoms with Gasteiger partial charge in [-0.1, -0.05) is 56.3 Å². The Balaban J connectivity index is 1.33. The van der Waals surface area contributed by atoms with Gasteiger partial charge in [-0.3, -0.25) is 9.59 Å². The zero-order chi connectivity index (χ0) is 24.6. The molecule has 3 aromatic rings. The quantitative estimate of drug-likeness (QED) is 0.330. The monoisotopic (exact) mass is 487 g/mol. The molecule has 0 unspecified atom stereocenters. The van der Waals surface area contributed by atoms with Crippen molar-refractivity contribution < 1.29 is 14.3 Å². The van der Waals surface area contributed by atoms with Gasteiger partial charge in [0.05, 0.1) is 18.6 Å². The number of amides is 2. The maximum Gasteiger partial charge on any atom is 0.271 e. The van der Waals surface area contributed by atoms with Crippen LogP contribution in [0.15, 0.2) is 84.0 Å². The number of ether oxygens (including phenoxy) is 1. The molecular formula is C28H29N3O3S. The van der Waals surface area contributed by atoms with Gasteiger partial charge in [0.1, 0.15) is 11.1 Å². The van der Waals surface area contributed by atoms with Gasteiger partial charge < -0.3 is 9.64 Å². The van der Waals surface area contributed by atoms with Crippen LogP contribution in [0, 0.1) is 5.92 Å². The number of hydrazone groups is 1. The van der Waals surface area contributed by atoms with E-state index in [1.165, 1.54) is 0 Å². The fourth-order valence-corrected chi connectivity index (χ4v) is 4.81. The fraction of sp³-hybridized carbons (Fsp3) is 0.250. The summed E-state index contributed by atoms with van der Waals surface area (Å²) in [6.07, 6.45) is 1.60. The van der Waals surface area contributed by atoms with Crippen molar-refractivity contribution in [3.05, 3.63) is 101 Å². The minimum absolute atomic E-state index is 0.0645. The summed E-state index contributed by atoms with van der Waals surface area (Å²) < 4.78 is 5.67. The van der Waals surface area contributed by atoms with E-state index in [-0.39, 0.29) is 17.2 Å². The van der Waals surface area contributed by atoms with Crippen molar-refractivity contribution in [3.63, 3.8) is 0 Å². The van der Waals surface area contributed by atoms with Crippen LogP contribution in [-0.2, 0) is 11.3 Å². The number of hydrogen-bond donors (Lipinski definition) is 1. The number of nitrogens with zero attached hydrogens (tertiary/aromatic N) is 2. The number of hydrogen-bond acceptors (Lipinski definition) is 5. The molecule has 2 amide bonds. The van der Waals surface area contributed by atoms with E-state index in [0.29, 0.717) is 30.4 Å². The molecule has 0 aromatic heterocycles. The van der Waals surface area contributed by atoms with Gasteiger partial charge in [-0.25, -0.2) is 5.43 Å². The molecule has 1 N–H and O–H groups in total. The first kappa shape index (κ1) is 24.5. The van der Waals surface area contributed by atoms with E-state index in [0.717, 1.165) is 22.4 Å². The van der Waals surface area contributed by atoms with E-state index < -0.39 is 0 Å². The maximum absolute atomic E-state index is 12.5. The van der Waals surface area contributed by atoms with Crippen molar-refractivity contribution in [2.24, 2.45) is 11.0 Å². The number of benzene rings is 3. The van der Waals surface area contributed by atoms with Crippen molar-refractivity contribution in [1.29, 1.82) is 0 Å². The van der Waals surface area contributed by atoms with Crippen molar-refractivity contribution in [3.8, 4) is 5.75 Å².